The maximum atomic E-state index is 12.7. The number of rotatable bonds is 3. The van der Waals surface area contributed by atoms with Crippen LogP contribution in [-0.4, -0.2) is 25.7 Å². The SMILES string of the molecule is Cc1nn2c(C)c(C(=O)Nc3ccccc3Cl)nnc2c1-c1ccccc1. The Hall–Kier alpha value is -3.25. The van der Waals surface area contributed by atoms with Crippen LogP contribution in [0.5, 0.6) is 0 Å². The van der Waals surface area contributed by atoms with Gasteiger partial charge >= 0.3 is 0 Å². The van der Waals surface area contributed by atoms with E-state index in [1.807, 2.05) is 37.3 Å². The van der Waals surface area contributed by atoms with Crippen LogP contribution in [0.25, 0.3) is 16.8 Å². The van der Waals surface area contributed by atoms with E-state index in [1.165, 1.54) is 0 Å². The lowest BCUT2D eigenvalue weighted by atomic mass is 10.1. The van der Waals surface area contributed by atoms with Crippen molar-refractivity contribution in [2.75, 3.05) is 5.32 Å². The quantitative estimate of drug-likeness (QED) is 0.577. The minimum absolute atomic E-state index is 0.199. The van der Waals surface area contributed by atoms with Gasteiger partial charge in [0.1, 0.15) is 0 Å². The highest BCUT2D eigenvalue weighted by Gasteiger charge is 2.20. The molecule has 27 heavy (non-hydrogen) atoms. The van der Waals surface area contributed by atoms with Gasteiger partial charge in [0.15, 0.2) is 11.3 Å². The van der Waals surface area contributed by atoms with Crippen molar-refractivity contribution in [2.24, 2.45) is 0 Å². The molecule has 0 spiro atoms. The van der Waals surface area contributed by atoms with E-state index in [1.54, 1.807) is 35.7 Å². The van der Waals surface area contributed by atoms with Crippen molar-refractivity contribution in [3.8, 4) is 11.1 Å². The molecule has 0 aliphatic heterocycles. The van der Waals surface area contributed by atoms with Crippen molar-refractivity contribution in [2.45, 2.75) is 13.8 Å². The van der Waals surface area contributed by atoms with Crippen molar-refractivity contribution in [1.82, 2.24) is 19.8 Å². The van der Waals surface area contributed by atoms with E-state index in [9.17, 15) is 4.79 Å². The fraction of sp³-hybridized carbons (Fsp3) is 0.100. The zero-order valence-electron chi connectivity index (χ0n) is 14.8. The van der Waals surface area contributed by atoms with Gasteiger partial charge in [0.2, 0.25) is 0 Å². The van der Waals surface area contributed by atoms with Crippen LogP contribution in [0.2, 0.25) is 5.02 Å². The van der Waals surface area contributed by atoms with Gasteiger partial charge in [-0.25, -0.2) is 4.52 Å². The number of para-hydroxylation sites is 1. The second kappa shape index (κ2) is 6.81. The molecule has 4 rings (SSSR count). The maximum absolute atomic E-state index is 12.7. The van der Waals surface area contributed by atoms with Crippen LogP contribution in [0.4, 0.5) is 5.69 Å². The summed E-state index contributed by atoms with van der Waals surface area (Å²) in [5.41, 5.74) is 4.68. The van der Waals surface area contributed by atoms with Gasteiger partial charge < -0.3 is 5.32 Å². The topological polar surface area (TPSA) is 72.2 Å². The van der Waals surface area contributed by atoms with Crippen LogP contribution in [0.1, 0.15) is 21.9 Å². The van der Waals surface area contributed by atoms with Crippen LogP contribution in [0.15, 0.2) is 54.6 Å². The first-order valence-corrected chi connectivity index (χ1v) is 8.78. The molecule has 1 amide bonds. The summed E-state index contributed by atoms with van der Waals surface area (Å²) in [6.07, 6.45) is 0. The van der Waals surface area contributed by atoms with Gasteiger partial charge in [0.25, 0.3) is 5.91 Å². The van der Waals surface area contributed by atoms with Crippen molar-refractivity contribution in [1.29, 1.82) is 0 Å². The Morgan fingerprint density at radius 2 is 1.70 bits per heavy atom. The minimum Gasteiger partial charge on any atom is -0.319 e. The molecule has 0 aliphatic rings. The molecule has 2 aromatic heterocycles. The van der Waals surface area contributed by atoms with Gasteiger partial charge in [-0.2, -0.15) is 5.10 Å². The summed E-state index contributed by atoms with van der Waals surface area (Å²) in [5.74, 6) is -0.385. The Balaban J connectivity index is 1.77. The molecule has 0 fully saturated rings. The van der Waals surface area contributed by atoms with Crippen molar-refractivity contribution in [3.63, 3.8) is 0 Å². The first-order valence-electron chi connectivity index (χ1n) is 8.40. The number of anilines is 1. The second-order valence-corrected chi connectivity index (χ2v) is 6.54. The molecular weight excluding hydrogens is 362 g/mol. The molecular formula is C20H16ClN5O. The molecule has 2 aromatic carbocycles. The fourth-order valence-electron chi connectivity index (χ4n) is 3.01. The van der Waals surface area contributed by atoms with E-state index in [-0.39, 0.29) is 11.6 Å². The average molecular weight is 378 g/mol. The molecule has 7 heteroatoms. The lowest BCUT2D eigenvalue weighted by Gasteiger charge is -2.09. The normalized spacial score (nSPS) is 10.9. The number of carbonyl (C=O) groups excluding carboxylic acids is 1. The van der Waals surface area contributed by atoms with E-state index in [0.717, 1.165) is 16.8 Å². The molecule has 4 aromatic rings. The summed E-state index contributed by atoms with van der Waals surface area (Å²) in [7, 11) is 0. The predicted octanol–water partition coefficient (Wildman–Crippen LogP) is 4.31. The number of hydrogen-bond donors (Lipinski definition) is 1. The van der Waals surface area contributed by atoms with Gasteiger partial charge in [0.05, 0.1) is 27.7 Å². The molecule has 0 saturated carbocycles. The summed E-state index contributed by atoms with van der Waals surface area (Å²) < 4.78 is 1.66. The number of amides is 1. The van der Waals surface area contributed by atoms with Gasteiger partial charge in [-0.3, -0.25) is 4.79 Å². The smallest absolute Gasteiger partial charge is 0.278 e. The van der Waals surface area contributed by atoms with E-state index >= 15 is 0 Å². The number of nitrogens with one attached hydrogen (secondary N) is 1. The van der Waals surface area contributed by atoms with Crippen LogP contribution < -0.4 is 5.32 Å². The number of carbonyl (C=O) groups is 1. The number of halogens is 1. The summed E-state index contributed by atoms with van der Waals surface area (Å²) in [6, 6.07) is 16.9. The third-order valence-corrected chi connectivity index (χ3v) is 4.67. The molecule has 6 nitrogen and oxygen atoms in total. The highest BCUT2D eigenvalue weighted by atomic mass is 35.5. The van der Waals surface area contributed by atoms with E-state index in [4.69, 9.17) is 11.6 Å². The Bertz CT molecular complexity index is 1150. The number of benzene rings is 2. The van der Waals surface area contributed by atoms with Crippen LogP contribution in [0.3, 0.4) is 0 Å². The maximum Gasteiger partial charge on any atom is 0.278 e. The Labute approximate surface area is 160 Å². The molecule has 0 atom stereocenters. The predicted molar refractivity (Wildman–Crippen MR) is 105 cm³/mol. The molecule has 0 saturated heterocycles. The van der Waals surface area contributed by atoms with E-state index < -0.39 is 0 Å². The molecule has 2 heterocycles. The van der Waals surface area contributed by atoms with E-state index in [2.05, 4.69) is 20.6 Å². The highest BCUT2D eigenvalue weighted by molar-refractivity contribution is 6.33. The number of nitrogens with zero attached hydrogens (tertiary/aromatic N) is 4. The molecule has 0 aliphatic carbocycles. The first-order chi connectivity index (χ1) is 13.1. The van der Waals surface area contributed by atoms with Crippen molar-refractivity contribution >= 4 is 28.8 Å². The summed E-state index contributed by atoms with van der Waals surface area (Å²) in [5, 5.41) is 16.2. The highest BCUT2D eigenvalue weighted by Crippen LogP contribution is 2.27. The monoisotopic (exact) mass is 377 g/mol. The van der Waals surface area contributed by atoms with Gasteiger partial charge in [-0.05, 0) is 31.5 Å². The van der Waals surface area contributed by atoms with Crippen LogP contribution >= 0.6 is 11.6 Å². The van der Waals surface area contributed by atoms with Crippen LogP contribution in [0, 0.1) is 13.8 Å². The first kappa shape index (κ1) is 17.2. The fourth-order valence-corrected chi connectivity index (χ4v) is 3.19. The molecule has 1 N–H and O–H groups in total. The minimum atomic E-state index is -0.385. The zero-order valence-corrected chi connectivity index (χ0v) is 15.5. The summed E-state index contributed by atoms with van der Waals surface area (Å²) in [4.78, 5) is 12.7. The Morgan fingerprint density at radius 3 is 2.44 bits per heavy atom. The zero-order chi connectivity index (χ0) is 19.0. The number of hydrogen-bond acceptors (Lipinski definition) is 4. The van der Waals surface area contributed by atoms with Gasteiger partial charge in [0, 0.05) is 0 Å². The second-order valence-electron chi connectivity index (χ2n) is 6.13. The van der Waals surface area contributed by atoms with Crippen molar-refractivity contribution < 1.29 is 4.79 Å². The molecule has 134 valence electrons. The number of aromatic nitrogens is 4. The van der Waals surface area contributed by atoms with Gasteiger partial charge in [-0.15, -0.1) is 10.2 Å². The molecule has 0 radical (unpaired) electrons. The molecule has 0 unspecified atom stereocenters. The lowest BCUT2D eigenvalue weighted by Crippen LogP contribution is -2.18. The lowest BCUT2D eigenvalue weighted by molar-refractivity contribution is 0.102. The summed E-state index contributed by atoms with van der Waals surface area (Å²) >= 11 is 6.11. The molecule has 0 bridgehead atoms. The number of aryl methyl sites for hydroxylation is 2. The third-order valence-electron chi connectivity index (χ3n) is 4.34. The van der Waals surface area contributed by atoms with Crippen molar-refractivity contribution in [3.05, 3.63) is 76.7 Å². The standard InChI is InChI=1S/C20H16ClN5O/c1-12-17(14-8-4-3-5-9-14)19-24-23-18(13(2)26(19)25-12)20(27)22-16-11-7-6-10-15(16)21/h3-11H,1-2H3,(H,22,27). The Morgan fingerprint density at radius 1 is 1.00 bits per heavy atom. The van der Waals surface area contributed by atoms with E-state index in [0.29, 0.717) is 22.1 Å². The third kappa shape index (κ3) is 3.04. The number of fused-ring (bicyclic) bond motifs is 1. The van der Waals surface area contributed by atoms with Crippen LogP contribution in [-0.2, 0) is 0 Å². The average Bonchev–Trinajstić information content (AvgIpc) is 3.01. The Kier molecular flexibility index (Phi) is 4.33. The van der Waals surface area contributed by atoms with Gasteiger partial charge in [-0.1, -0.05) is 54.1 Å². The largest absolute Gasteiger partial charge is 0.319 e. The summed E-state index contributed by atoms with van der Waals surface area (Å²) in [6.45, 7) is 3.71.